The minimum absolute atomic E-state index is 0.440. The van der Waals surface area contributed by atoms with E-state index in [0.29, 0.717) is 11.8 Å². The summed E-state index contributed by atoms with van der Waals surface area (Å²) >= 11 is 0. The van der Waals surface area contributed by atoms with Crippen molar-refractivity contribution in [1.29, 1.82) is 5.26 Å². The lowest BCUT2D eigenvalue weighted by atomic mass is 9.52. The summed E-state index contributed by atoms with van der Waals surface area (Å²) in [5.41, 5.74) is -1.12. The predicted octanol–water partition coefficient (Wildman–Crippen LogP) is 3.50. The summed E-state index contributed by atoms with van der Waals surface area (Å²) < 4.78 is 0. The van der Waals surface area contributed by atoms with E-state index in [1.807, 2.05) is 0 Å². The first-order valence-corrected chi connectivity index (χ1v) is 7.06. The standard InChI is InChI=1S/C15H25NO/c1-11(2)13-4-6-14(10-16,7-5-13)15(17)8-12(3)9-15/h11-13,17H,4-9H2,1-3H3. The van der Waals surface area contributed by atoms with Gasteiger partial charge in [-0.2, -0.15) is 5.26 Å². The first kappa shape index (κ1) is 12.9. The quantitative estimate of drug-likeness (QED) is 0.796. The van der Waals surface area contributed by atoms with Crippen LogP contribution in [0.25, 0.3) is 0 Å². The molecule has 0 amide bonds. The highest BCUT2D eigenvalue weighted by Gasteiger charge is 2.57. The van der Waals surface area contributed by atoms with E-state index in [2.05, 4.69) is 26.8 Å². The molecule has 2 aliphatic carbocycles. The number of hydrogen-bond donors (Lipinski definition) is 1. The van der Waals surface area contributed by atoms with Crippen molar-refractivity contribution in [3.05, 3.63) is 0 Å². The van der Waals surface area contributed by atoms with Crippen molar-refractivity contribution < 1.29 is 5.11 Å². The molecule has 0 heterocycles. The SMILES string of the molecule is CC1CC(O)(C2(C#N)CCC(C(C)C)CC2)C1. The van der Waals surface area contributed by atoms with Crippen molar-refractivity contribution in [3.8, 4) is 6.07 Å². The molecule has 0 radical (unpaired) electrons. The Kier molecular flexibility index (Phi) is 3.25. The second kappa shape index (κ2) is 4.28. The number of nitriles is 1. The molecule has 2 aliphatic rings. The van der Waals surface area contributed by atoms with Crippen LogP contribution in [0.4, 0.5) is 0 Å². The summed E-state index contributed by atoms with van der Waals surface area (Å²) in [6.45, 7) is 6.70. The van der Waals surface area contributed by atoms with E-state index in [1.165, 1.54) is 0 Å². The van der Waals surface area contributed by atoms with Crippen LogP contribution in [0.5, 0.6) is 0 Å². The lowest BCUT2D eigenvalue weighted by Gasteiger charge is -2.54. The molecule has 0 atom stereocenters. The summed E-state index contributed by atoms with van der Waals surface area (Å²) in [5.74, 6) is 2.05. The summed E-state index contributed by atoms with van der Waals surface area (Å²) in [7, 11) is 0. The fourth-order valence-corrected chi connectivity index (χ4v) is 3.96. The summed E-state index contributed by atoms with van der Waals surface area (Å²) in [6.07, 6.45) is 5.68. The molecule has 0 aromatic rings. The van der Waals surface area contributed by atoms with Crippen molar-refractivity contribution in [3.63, 3.8) is 0 Å². The Morgan fingerprint density at radius 3 is 2.12 bits per heavy atom. The molecule has 0 bridgehead atoms. The maximum Gasteiger partial charge on any atom is 0.0860 e. The van der Waals surface area contributed by atoms with Gasteiger partial charge >= 0.3 is 0 Å². The Hall–Kier alpha value is -0.550. The van der Waals surface area contributed by atoms with Gasteiger partial charge in [0.1, 0.15) is 0 Å². The van der Waals surface area contributed by atoms with Gasteiger partial charge in [-0.25, -0.2) is 0 Å². The number of aliphatic hydroxyl groups is 1. The molecule has 2 fully saturated rings. The predicted molar refractivity (Wildman–Crippen MR) is 68.2 cm³/mol. The minimum Gasteiger partial charge on any atom is -0.388 e. The van der Waals surface area contributed by atoms with Crippen molar-refractivity contribution >= 4 is 0 Å². The van der Waals surface area contributed by atoms with Gasteiger partial charge in [0.05, 0.1) is 17.1 Å². The summed E-state index contributed by atoms with van der Waals surface area (Å²) in [5, 5.41) is 20.2. The molecule has 0 unspecified atom stereocenters. The molecule has 17 heavy (non-hydrogen) atoms. The third-order valence-electron chi connectivity index (χ3n) is 5.30. The topological polar surface area (TPSA) is 44.0 Å². The van der Waals surface area contributed by atoms with Crippen LogP contribution in [0.3, 0.4) is 0 Å². The van der Waals surface area contributed by atoms with Gasteiger partial charge in [-0.05, 0) is 56.3 Å². The van der Waals surface area contributed by atoms with Crippen LogP contribution in [-0.4, -0.2) is 10.7 Å². The van der Waals surface area contributed by atoms with E-state index in [1.54, 1.807) is 0 Å². The second-order valence-electron chi connectivity index (χ2n) is 6.82. The zero-order chi connectivity index (χ0) is 12.7. The lowest BCUT2D eigenvalue weighted by Crippen LogP contribution is -2.57. The van der Waals surface area contributed by atoms with Gasteiger partial charge in [0.25, 0.3) is 0 Å². The molecule has 0 aliphatic heterocycles. The first-order chi connectivity index (χ1) is 7.92. The van der Waals surface area contributed by atoms with Crippen molar-refractivity contribution in [2.24, 2.45) is 23.2 Å². The zero-order valence-electron chi connectivity index (χ0n) is 11.4. The number of rotatable bonds is 2. The third kappa shape index (κ3) is 1.99. The van der Waals surface area contributed by atoms with Gasteiger partial charge in [-0.15, -0.1) is 0 Å². The van der Waals surface area contributed by atoms with Crippen LogP contribution in [0.15, 0.2) is 0 Å². The normalized spacial score (nSPS) is 46.4. The molecular formula is C15H25NO. The van der Waals surface area contributed by atoms with E-state index in [-0.39, 0.29) is 0 Å². The highest BCUT2D eigenvalue weighted by atomic mass is 16.3. The minimum atomic E-state index is -0.677. The monoisotopic (exact) mass is 235 g/mol. The van der Waals surface area contributed by atoms with Gasteiger partial charge in [0.15, 0.2) is 0 Å². The van der Waals surface area contributed by atoms with Crippen LogP contribution >= 0.6 is 0 Å². The molecule has 0 aromatic heterocycles. The van der Waals surface area contributed by atoms with E-state index >= 15 is 0 Å². The van der Waals surface area contributed by atoms with Crippen LogP contribution in [-0.2, 0) is 0 Å². The zero-order valence-corrected chi connectivity index (χ0v) is 11.4. The van der Waals surface area contributed by atoms with Crippen LogP contribution in [0.1, 0.15) is 59.3 Å². The molecule has 0 saturated heterocycles. The summed E-state index contributed by atoms with van der Waals surface area (Å²) in [6, 6.07) is 2.49. The van der Waals surface area contributed by atoms with Crippen LogP contribution < -0.4 is 0 Å². The smallest absolute Gasteiger partial charge is 0.0860 e. The fraction of sp³-hybridized carbons (Fsp3) is 0.933. The Balaban J connectivity index is 2.07. The van der Waals surface area contributed by atoms with E-state index in [9.17, 15) is 10.4 Å². The lowest BCUT2D eigenvalue weighted by molar-refractivity contribution is -0.156. The molecular weight excluding hydrogens is 210 g/mol. The van der Waals surface area contributed by atoms with Gasteiger partial charge in [-0.3, -0.25) is 0 Å². The highest BCUT2D eigenvalue weighted by Crippen LogP contribution is 2.56. The Labute approximate surface area is 105 Å². The van der Waals surface area contributed by atoms with E-state index < -0.39 is 11.0 Å². The van der Waals surface area contributed by atoms with E-state index in [4.69, 9.17) is 0 Å². The average Bonchev–Trinajstić information content (AvgIpc) is 2.27. The van der Waals surface area contributed by atoms with Crippen molar-refractivity contribution in [1.82, 2.24) is 0 Å². The van der Waals surface area contributed by atoms with Gasteiger partial charge in [0, 0.05) is 0 Å². The number of nitrogens with zero attached hydrogens (tertiary/aromatic N) is 1. The highest BCUT2D eigenvalue weighted by molar-refractivity contribution is 5.17. The van der Waals surface area contributed by atoms with Crippen molar-refractivity contribution in [2.75, 3.05) is 0 Å². The Bertz CT molecular complexity index is 314. The molecule has 2 heteroatoms. The maximum atomic E-state index is 10.7. The van der Waals surface area contributed by atoms with Crippen LogP contribution in [0.2, 0.25) is 0 Å². The molecule has 1 N–H and O–H groups in total. The van der Waals surface area contributed by atoms with Crippen LogP contribution in [0, 0.1) is 34.5 Å². The molecule has 2 rings (SSSR count). The molecule has 0 aromatic carbocycles. The fourth-order valence-electron chi connectivity index (χ4n) is 3.96. The Morgan fingerprint density at radius 2 is 1.76 bits per heavy atom. The average molecular weight is 235 g/mol. The second-order valence-corrected chi connectivity index (χ2v) is 6.82. The molecule has 96 valence electrons. The Morgan fingerprint density at radius 1 is 1.24 bits per heavy atom. The van der Waals surface area contributed by atoms with Gasteiger partial charge in [-0.1, -0.05) is 20.8 Å². The largest absolute Gasteiger partial charge is 0.388 e. The maximum absolute atomic E-state index is 10.7. The first-order valence-electron chi connectivity index (χ1n) is 7.06. The van der Waals surface area contributed by atoms with Gasteiger partial charge in [0.2, 0.25) is 0 Å². The van der Waals surface area contributed by atoms with Gasteiger partial charge < -0.3 is 5.11 Å². The molecule has 0 spiro atoms. The molecule has 2 saturated carbocycles. The third-order valence-corrected chi connectivity index (χ3v) is 5.30. The summed E-state index contributed by atoms with van der Waals surface area (Å²) in [4.78, 5) is 0. The van der Waals surface area contributed by atoms with E-state index in [0.717, 1.165) is 44.4 Å². The number of hydrogen-bond acceptors (Lipinski definition) is 2. The molecule has 2 nitrogen and oxygen atoms in total. The van der Waals surface area contributed by atoms with Crippen molar-refractivity contribution in [2.45, 2.75) is 64.9 Å².